The van der Waals surface area contributed by atoms with E-state index in [1.54, 1.807) is 6.08 Å². The molecule has 0 spiro atoms. The molecular formula is C21H31N5O5. The lowest BCUT2D eigenvalue weighted by Crippen LogP contribution is -2.47. The number of benzene rings is 1. The summed E-state index contributed by atoms with van der Waals surface area (Å²) in [6, 6.07) is 7.35. The van der Waals surface area contributed by atoms with Crippen LogP contribution in [0.15, 0.2) is 52.9 Å². The van der Waals surface area contributed by atoms with Gasteiger partial charge < -0.3 is 41.0 Å². The molecule has 0 fully saturated rings. The van der Waals surface area contributed by atoms with Crippen LogP contribution >= 0.6 is 0 Å². The average molecular weight is 434 g/mol. The van der Waals surface area contributed by atoms with Gasteiger partial charge in [-0.2, -0.15) is 0 Å². The van der Waals surface area contributed by atoms with Crippen LogP contribution in [0.2, 0.25) is 0 Å². The van der Waals surface area contributed by atoms with Crippen LogP contribution in [0, 0.1) is 10.6 Å². The summed E-state index contributed by atoms with van der Waals surface area (Å²) in [5, 5.41) is 50.4. The predicted octanol–water partition coefficient (Wildman–Crippen LogP) is 0.629. The summed E-state index contributed by atoms with van der Waals surface area (Å²) in [5.74, 6) is 0.301. The van der Waals surface area contributed by atoms with E-state index in [4.69, 9.17) is 31.2 Å². The highest BCUT2D eigenvalue weighted by Gasteiger charge is 2.16. The predicted molar refractivity (Wildman–Crippen MR) is 120 cm³/mol. The van der Waals surface area contributed by atoms with Gasteiger partial charge in [0.1, 0.15) is 25.5 Å². The number of hydroxylamine groups is 3. The topological polar surface area (TPSA) is 167 Å². The summed E-state index contributed by atoms with van der Waals surface area (Å²) < 4.78 is 4.73. The molecule has 170 valence electrons. The number of allylic oxidation sites excluding steroid dienone is 2. The van der Waals surface area contributed by atoms with E-state index in [9.17, 15) is 5.21 Å². The number of nitrogens with zero attached hydrogens (tertiary/aromatic N) is 2. The highest BCUT2D eigenvalue weighted by atomic mass is 16.5. The second kappa shape index (κ2) is 12.2. The number of aliphatic hydroxyl groups excluding tert-OH is 3. The van der Waals surface area contributed by atoms with Crippen LogP contribution in [0.1, 0.15) is 6.42 Å². The van der Waals surface area contributed by atoms with Crippen molar-refractivity contribution in [2.24, 2.45) is 10.7 Å². The van der Waals surface area contributed by atoms with E-state index < -0.39 is 4.65 Å². The van der Waals surface area contributed by atoms with Crippen LogP contribution < -0.4 is 11.1 Å². The smallest absolute Gasteiger partial charge is 0.146 e. The van der Waals surface area contributed by atoms with Crippen LogP contribution in [0.4, 0.5) is 11.4 Å². The summed E-state index contributed by atoms with van der Waals surface area (Å²) in [7, 11) is 0. The highest BCUT2D eigenvalue weighted by Crippen LogP contribution is 2.20. The fourth-order valence-corrected chi connectivity index (χ4v) is 3.05. The monoisotopic (exact) mass is 433 g/mol. The van der Waals surface area contributed by atoms with Gasteiger partial charge in [-0.05, 0) is 30.3 Å². The Morgan fingerprint density at radius 2 is 1.71 bits per heavy atom. The summed E-state index contributed by atoms with van der Waals surface area (Å²) in [4.78, 5) is 4.49. The third-order valence-electron chi connectivity index (χ3n) is 4.68. The maximum Gasteiger partial charge on any atom is 0.146 e. The molecule has 1 aliphatic carbocycles. The van der Waals surface area contributed by atoms with Gasteiger partial charge >= 0.3 is 0 Å². The van der Waals surface area contributed by atoms with Crippen molar-refractivity contribution in [1.29, 1.82) is 5.41 Å². The van der Waals surface area contributed by atoms with Gasteiger partial charge in [0.15, 0.2) is 0 Å². The van der Waals surface area contributed by atoms with Crippen LogP contribution in [-0.2, 0) is 4.74 Å². The van der Waals surface area contributed by atoms with Crippen molar-refractivity contribution >= 4 is 22.8 Å². The van der Waals surface area contributed by atoms with Crippen LogP contribution in [0.3, 0.4) is 0 Å². The minimum Gasteiger partial charge on any atom is -0.633 e. The Balaban J connectivity index is 1.93. The van der Waals surface area contributed by atoms with Gasteiger partial charge in [0, 0.05) is 24.7 Å². The first-order chi connectivity index (χ1) is 14.9. The number of aliphatic imine (C=N–C) groups is 1. The SMILES string of the molecule is N=C1C=C(N)/C(=N/c2ccc(NCCC[N+]([O-])(CCO)CCO)cc2)C=C1OCCO. The van der Waals surface area contributed by atoms with Crippen LogP contribution in [0.25, 0.3) is 0 Å². The van der Waals surface area contributed by atoms with Gasteiger partial charge in [0.05, 0.1) is 49.2 Å². The van der Waals surface area contributed by atoms with E-state index in [0.717, 1.165) is 5.69 Å². The normalized spacial score (nSPS) is 15.6. The molecule has 0 radical (unpaired) electrons. The zero-order chi connectivity index (χ0) is 22.7. The van der Waals surface area contributed by atoms with Crippen LogP contribution in [-0.4, -0.2) is 84.0 Å². The van der Waals surface area contributed by atoms with Crippen molar-refractivity contribution in [2.75, 3.05) is 57.9 Å². The van der Waals surface area contributed by atoms with Crippen molar-refractivity contribution in [2.45, 2.75) is 6.42 Å². The third-order valence-corrected chi connectivity index (χ3v) is 4.68. The van der Waals surface area contributed by atoms with Gasteiger partial charge in [0.2, 0.25) is 0 Å². The van der Waals surface area contributed by atoms with Crippen molar-refractivity contribution in [3.8, 4) is 0 Å². The Morgan fingerprint density at radius 3 is 2.32 bits per heavy atom. The molecule has 1 aromatic rings. The fraction of sp³-hybridized carbons (Fsp3) is 0.429. The third kappa shape index (κ3) is 7.78. The Morgan fingerprint density at radius 1 is 1.03 bits per heavy atom. The quantitative estimate of drug-likeness (QED) is 0.115. The number of anilines is 1. The first-order valence-corrected chi connectivity index (χ1v) is 10.1. The Labute approximate surface area is 181 Å². The summed E-state index contributed by atoms with van der Waals surface area (Å²) in [5.41, 5.74) is 8.46. The number of hydrogen-bond donors (Lipinski definition) is 6. The molecule has 10 nitrogen and oxygen atoms in total. The number of nitrogens with one attached hydrogen (secondary N) is 2. The first-order valence-electron chi connectivity index (χ1n) is 10.1. The molecule has 10 heteroatoms. The summed E-state index contributed by atoms with van der Waals surface area (Å²) in [6.07, 6.45) is 3.64. The molecule has 0 saturated carbocycles. The standard InChI is InChI=1S/C21H31N5O5/c22-18-14-19(23)21(31-13-12-29)15-20(18)25-17-4-2-16(3-5-17)24-6-1-7-26(30,8-10-27)9-11-28/h2-5,14-15,23-24,27-29H,1,6-13,22H2/b23-19?,25-20+. The molecule has 0 saturated heterocycles. The lowest BCUT2D eigenvalue weighted by molar-refractivity contribution is -0.881. The molecule has 0 amide bonds. The number of rotatable bonds is 13. The Bertz CT molecular complexity index is 814. The lowest BCUT2D eigenvalue weighted by Gasteiger charge is -2.42. The van der Waals surface area contributed by atoms with Crippen molar-refractivity contribution in [3.05, 3.63) is 53.1 Å². The van der Waals surface area contributed by atoms with Gasteiger partial charge in [-0.3, -0.25) is 5.41 Å². The number of hydrogen-bond acceptors (Lipinski definition) is 9. The van der Waals surface area contributed by atoms with Crippen molar-refractivity contribution in [1.82, 2.24) is 0 Å². The molecule has 0 aliphatic heterocycles. The van der Waals surface area contributed by atoms with Crippen LogP contribution in [0.5, 0.6) is 0 Å². The molecule has 2 rings (SSSR count). The molecule has 0 atom stereocenters. The molecule has 0 bridgehead atoms. The molecule has 1 aromatic carbocycles. The van der Waals surface area contributed by atoms with Gasteiger partial charge in [0.25, 0.3) is 0 Å². The Kier molecular flexibility index (Phi) is 9.63. The highest BCUT2D eigenvalue weighted by molar-refractivity contribution is 6.22. The maximum atomic E-state index is 12.4. The lowest BCUT2D eigenvalue weighted by atomic mass is 10.1. The maximum absolute atomic E-state index is 12.4. The van der Waals surface area contributed by atoms with Crippen molar-refractivity contribution < 1.29 is 24.7 Å². The number of aliphatic hydroxyl groups is 3. The van der Waals surface area contributed by atoms with E-state index in [-0.39, 0.29) is 45.2 Å². The minimum atomic E-state index is -0.602. The average Bonchev–Trinajstić information content (AvgIpc) is 2.74. The van der Waals surface area contributed by atoms with E-state index in [2.05, 4.69) is 10.3 Å². The largest absolute Gasteiger partial charge is 0.633 e. The molecule has 1 aliphatic rings. The summed E-state index contributed by atoms with van der Waals surface area (Å²) >= 11 is 0. The van der Waals surface area contributed by atoms with E-state index in [1.165, 1.54) is 6.08 Å². The molecule has 0 heterocycles. The molecule has 0 aromatic heterocycles. The molecule has 7 N–H and O–H groups in total. The Hall–Kier alpha value is -2.76. The second-order valence-corrected chi connectivity index (χ2v) is 7.09. The van der Waals surface area contributed by atoms with Crippen molar-refractivity contribution in [3.63, 3.8) is 0 Å². The number of quaternary nitrogens is 1. The minimum absolute atomic E-state index is 0.0772. The first kappa shape index (κ1) is 24.5. The van der Waals surface area contributed by atoms with E-state index in [1.807, 2.05) is 24.3 Å². The number of nitrogens with two attached hydrogens (primary N) is 1. The van der Waals surface area contributed by atoms with E-state index in [0.29, 0.717) is 42.4 Å². The number of ether oxygens (including phenoxy) is 1. The molecule has 31 heavy (non-hydrogen) atoms. The van der Waals surface area contributed by atoms with E-state index >= 15 is 0 Å². The zero-order valence-corrected chi connectivity index (χ0v) is 17.5. The van der Waals surface area contributed by atoms with Gasteiger partial charge in [-0.1, -0.05) is 0 Å². The molecular weight excluding hydrogens is 402 g/mol. The second-order valence-electron chi connectivity index (χ2n) is 7.09. The van der Waals surface area contributed by atoms with Gasteiger partial charge in [-0.25, -0.2) is 4.99 Å². The molecule has 0 unspecified atom stereocenters. The summed E-state index contributed by atoms with van der Waals surface area (Å²) in [6.45, 7) is 0.580. The van der Waals surface area contributed by atoms with Gasteiger partial charge in [-0.15, -0.1) is 0 Å². The zero-order valence-electron chi connectivity index (χ0n) is 17.5. The fourth-order valence-electron chi connectivity index (χ4n) is 3.05.